The zero-order chi connectivity index (χ0) is 33.6. The fraction of sp³-hybridized carbons (Fsp3) is 0.206. The molecule has 0 saturated heterocycles. The second kappa shape index (κ2) is 14.7. The van der Waals surface area contributed by atoms with Gasteiger partial charge < -0.3 is 19.5 Å². The summed E-state index contributed by atoms with van der Waals surface area (Å²) in [6.45, 7) is 0.0190. The van der Waals surface area contributed by atoms with Crippen LogP contribution in [0.5, 0.6) is 17.2 Å². The van der Waals surface area contributed by atoms with Gasteiger partial charge in [-0.15, -0.1) is 21.5 Å². The number of nitrogens with one attached hydrogen (secondary N) is 1. The first kappa shape index (κ1) is 32.7. The highest BCUT2D eigenvalue weighted by atomic mass is 32.2. The van der Waals surface area contributed by atoms with Crippen LogP contribution in [0.15, 0.2) is 94.5 Å². The smallest absolute Gasteiger partial charge is 0.253 e. The van der Waals surface area contributed by atoms with Crippen molar-refractivity contribution in [1.29, 1.82) is 0 Å². The number of methoxy groups -OCH3 is 3. The summed E-state index contributed by atoms with van der Waals surface area (Å²) in [7, 11) is 4.58. The lowest BCUT2D eigenvalue weighted by Crippen LogP contribution is -2.28. The van der Waals surface area contributed by atoms with Crippen molar-refractivity contribution in [3.05, 3.63) is 112 Å². The lowest BCUT2D eigenvalue weighted by Gasteiger charge is -2.22. The van der Waals surface area contributed by atoms with Crippen molar-refractivity contribution in [1.82, 2.24) is 25.1 Å². The molecule has 5 aromatic rings. The van der Waals surface area contributed by atoms with Crippen LogP contribution in [0.3, 0.4) is 0 Å². The number of aromatic nitrogens is 3. The van der Waals surface area contributed by atoms with Crippen molar-refractivity contribution in [3.8, 4) is 22.9 Å². The van der Waals surface area contributed by atoms with Gasteiger partial charge in [0.2, 0.25) is 0 Å². The Morgan fingerprint density at radius 1 is 0.958 bits per heavy atom. The van der Waals surface area contributed by atoms with E-state index in [0.717, 1.165) is 16.2 Å². The van der Waals surface area contributed by atoms with E-state index in [-0.39, 0.29) is 36.0 Å². The number of hydrogen-bond acceptors (Lipinski definition) is 10. The van der Waals surface area contributed by atoms with Crippen molar-refractivity contribution in [2.75, 3.05) is 27.1 Å². The van der Waals surface area contributed by atoms with Gasteiger partial charge in [-0.25, -0.2) is 9.40 Å². The Bertz CT molecular complexity index is 1930. The van der Waals surface area contributed by atoms with Gasteiger partial charge in [0.05, 0.1) is 55.9 Å². The number of rotatable bonds is 12. The Morgan fingerprint density at radius 3 is 2.40 bits per heavy atom. The van der Waals surface area contributed by atoms with E-state index in [9.17, 15) is 14.0 Å². The molecular weight excluding hydrogens is 656 g/mol. The van der Waals surface area contributed by atoms with Crippen molar-refractivity contribution in [3.63, 3.8) is 0 Å². The molecule has 0 saturated carbocycles. The average Bonchev–Trinajstić information content (AvgIpc) is 3.90. The first-order valence-corrected chi connectivity index (χ1v) is 16.7. The second-order valence-corrected chi connectivity index (χ2v) is 12.4. The first-order chi connectivity index (χ1) is 23.4. The maximum absolute atomic E-state index is 13.8. The highest BCUT2D eigenvalue weighted by Gasteiger charge is 2.34. The van der Waals surface area contributed by atoms with Crippen LogP contribution >= 0.6 is 23.1 Å². The van der Waals surface area contributed by atoms with Gasteiger partial charge in [0.25, 0.3) is 11.8 Å². The maximum Gasteiger partial charge on any atom is 0.253 e. The van der Waals surface area contributed by atoms with Crippen molar-refractivity contribution in [2.45, 2.75) is 24.2 Å². The summed E-state index contributed by atoms with van der Waals surface area (Å²) < 4.78 is 31.7. The van der Waals surface area contributed by atoms with Crippen molar-refractivity contribution in [2.24, 2.45) is 5.10 Å². The number of halogens is 1. The summed E-state index contributed by atoms with van der Waals surface area (Å²) in [5.41, 5.74) is 2.56. The third-order valence-corrected chi connectivity index (χ3v) is 9.43. The predicted octanol–water partition coefficient (Wildman–Crippen LogP) is 5.89. The molecule has 1 aliphatic rings. The van der Waals surface area contributed by atoms with Gasteiger partial charge in [-0.05, 0) is 53.4 Å². The standard InChI is InChI=1S/C34H31FN6O5S2/c1-44-24-15-22(16-25(17-24)45-2)33(43)36-19-31-37-38-34(40(31)27-7-4-5-8-29(27)46-3)48-20-32(42)41-28(21-10-12-23(35)13-11-21)18-26(39-41)30-9-6-14-47-30/h4-17,28H,18-20H2,1-3H3,(H,36,43)/t28-/m0/s1. The van der Waals surface area contributed by atoms with E-state index >= 15 is 0 Å². The number of carbonyl (C=O) groups excluding carboxylic acids is 2. The molecular formula is C34H31FN6O5S2. The molecule has 0 fully saturated rings. The molecule has 1 N–H and O–H groups in total. The molecule has 0 spiro atoms. The number of hydrogen-bond donors (Lipinski definition) is 1. The molecule has 0 aliphatic carbocycles. The monoisotopic (exact) mass is 686 g/mol. The molecule has 1 atom stereocenters. The highest BCUT2D eigenvalue weighted by molar-refractivity contribution is 7.99. The number of amides is 2. The van der Waals surface area contributed by atoms with Gasteiger partial charge in [-0.3, -0.25) is 14.2 Å². The first-order valence-electron chi connectivity index (χ1n) is 14.8. The average molecular weight is 687 g/mol. The zero-order valence-electron chi connectivity index (χ0n) is 26.3. The van der Waals surface area contributed by atoms with Crippen LogP contribution in [-0.4, -0.2) is 64.4 Å². The summed E-state index contributed by atoms with van der Waals surface area (Å²) in [6, 6.07) is 21.9. The summed E-state index contributed by atoms with van der Waals surface area (Å²) >= 11 is 2.73. The molecule has 246 valence electrons. The number of thioether (sulfide) groups is 1. The fourth-order valence-corrected chi connectivity index (χ4v) is 6.77. The lowest BCUT2D eigenvalue weighted by atomic mass is 10.0. The minimum absolute atomic E-state index is 0.0117. The fourth-order valence-electron chi connectivity index (χ4n) is 5.23. The summed E-state index contributed by atoms with van der Waals surface area (Å²) in [5, 5.41) is 20.2. The number of ether oxygens (including phenoxy) is 3. The van der Waals surface area contributed by atoms with E-state index in [1.165, 1.54) is 43.1 Å². The molecule has 11 nitrogen and oxygen atoms in total. The third kappa shape index (κ3) is 7.04. The molecule has 2 amide bonds. The van der Waals surface area contributed by atoms with E-state index in [0.29, 0.717) is 45.9 Å². The lowest BCUT2D eigenvalue weighted by molar-refractivity contribution is -0.130. The van der Waals surface area contributed by atoms with Crippen LogP contribution in [0.25, 0.3) is 5.69 Å². The third-order valence-electron chi connectivity index (χ3n) is 7.60. The molecule has 0 bridgehead atoms. The van der Waals surface area contributed by atoms with E-state index in [2.05, 4.69) is 15.5 Å². The molecule has 1 aliphatic heterocycles. The highest BCUT2D eigenvalue weighted by Crippen LogP contribution is 2.35. The van der Waals surface area contributed by atoms with Gasteiger partial charge >= 0.3 is 0 Å². The number of carbonyl (C=O) groups is 2. The van der Waals surface area contributed by atoms with Crippen molar-refractivity contribution >= 4 is 40.6 Å². The quantitative estimate of drug-likeness (QED) is 0.161. The van der Waals surface area contributed by atoms with E-state index in [1.807, 2.05) is 35.7 Å². The Kier molecular flexibility index (Phi) is 10.0. The Hall–Kier alpha value is -5.21. The van der Waals surface area contributed by atoms with E-state index < -0.39 is 0 Å². The van der Waals surface area contributed by atoms with Crippen LogP contribution in [-0.2, 0) is 11.3 Å². The molecule has 0 unspecified atom stereocenters. The molecule has 3 heterocycles. The van der Waals surface area contributed by atoms with Gasteiger partial charge in [0.15, 0.2) is 11.0 Å². The molecule has 3 aromatic carbocycles. The van der Waals surface area contributed by atoms with Crippen LogP contribution in [0.1, 0.15) is 39.1 Å². The minimum Gasteiger partial charge on any atom is -0.497 e. The Balaban J connectivity index is 1.25. The van der Waals surface area contributed by atoms with Crippen molar-refractivity contribution < 1.29 is 28.2 Å². The molecule has 14 heteroatoms. The Labute approximate surface area is 284 Å². The topological polar surface area (TPSA) is 120 Å². The van der Waals surface area contributed by atoms with Gasteiger partial charge in [0, 0.05) is 18.1 Å². The maximum atomic E-state index is 13.8. The van der Waals surface area contributed by atoms with Crippen LogP contribution in [0.2, 0.25) is 0 Å². The number of para-hydroxylation sites is 2. The molecule has 6 rings (SSSR count). The number of thiophene rings is 1. The van der Waals surface area contributed by atoms with Crippen LogP contribution < -0.4 is 19.5 Å². The summed E-state index contributed by atoms with van der Waals surface area (Å²) in [4.78, 5) is 28.0. The van der Waals surface area contributed by atoms with Gasteiger partial charge in [-0.2, -0.15) is 5.10 Å². The van der Waals surface area contributed by atoms with E-state index in [4.69, 9.17) is 19.3 Å². The molecule has 48 heavy (non-hydrogen) atoms. The SMILES string of the molecule is COc1cc(OC)cc(C(=O)NCc2nnc(SCC(=O)N3N=C(c4cccs4)C[C@H]3c3ccc(F)cc3)n2-c2ccccc2OC)c1. The van der Waals surface area contributed by atoms with Gasteiger partial charge in [0.1, 0.15) is 23.1 Å². The van der Waals surface area contributed by atoms with Crippen LogP contribution in [0.4, 0.5) is 4.39 Å². The minimum atomic E-state index is -0.385. The summed E-state index contributed by atoms with van der Waals surface area (Å²) in [6.07, 6.45) is 0.503. The number of hydrazone groups is 1. The molecule has 2 aromatic heterocycles. The van der Waals surface area contributed by atoms with E-state index in [1.54, 1.807) is 59.4 Å². The zero-order valence-corrected chi connectivity index (χ0v) is 27.9. The number of nitrogens with zero attached hydrogens (tertiary/aromatic N) is 5. The Morgan fingerprint density at radius 2 is 1.71 bits per heavy atom. The van der Waals surface area contributed by atoms with Gasteiger partial charge in [-0.1, -0.05) is 42.1 Å². The largest absolute Gasteiger partial charge is 0.497 e. The van der Waals surface area contributed by atoms with Crippen LogP contribution in [0, 0.1) is 5.82 Å². The second-order valence-electron chi connectivity index (χ2n) is 10.5. The number of benzene rings is 3. The molecule has 0 radical (unpaired) electrons. The predicted molar refractivity (Wildman–Crippen MR) is 181 cm³/mol. The normalized spacial score (nSPS) is 14.0. The summed E-state index contributed by atoms with van der Waals surface area (Å²) in [5.74, 6) is 0.942.